The maximum atomic E-state index is 12.8. The van der Waals surface area contributed by atoms with E-state index >= 15 is 0 Å². The number of carbonyl (C=O) groups excluding carboxylic acids is 2. The van der Waals surface area contributed by atoms with Crippen molar-refractivity contribution in [3.8, 4) is 0 Å². The molecule has 0 fully saturated rings. The number of amides is 2. The number of hydrogen-bond donors (Lipinski definition) is 3. The molecule has 1 aromatic rings. The normalized spacial score (nSPS) is 12.4. The monoisotopic (exact) mass is 377 g/mol. The summed E-state index contributed by atoms with van der Waals surface area (Å²) in [6.45, 7) is 2.97. The Labute approximate surface area is 148 Å². The van der Waals surface area contributed by atoms with Gasteiger partial charge in [0.2, 0.25) is 18.3 Å². The summed E-state index contributed by atoms with van der Waals surface area (Å²) in [4.78, 5) is 29.8. The number of nitrogens with zero attached hydrogens (tertiary/aromatic N) is 3. The van der Waals surface area contributed by atoms with Crippen molar-refractivity contribution in [3.63, 3.8) is 0 Å². The van der Waals surface area contributed by atoms with Gasteiger partial charge in [-0.1, -0.05) is 26.2 Å². The van der Waals surface area contributed by atoms with Crippen molar-refractivity contribution in [2.24, 2.45) is 5.92 Å². The molecule has 1 rings (SSSR count). The Hall–Kier alpha value is -2.43. The zero-order valence-electron chi connectivity index (χ0n) is 14.5. The molecule has 146 valence electrons. The molecule has 1 aromatic heterocycles. The second-order valence-electron chi connectivity index (χ2n) is 5.76. The minimum Gasteiger partial charge on any atom is -0.286 e. The van der Waals surface area contributed by atoms with Crippen molar-refractivity contribution >= 4 is 18.3 Å². The number of aromatic nitrogens is 2. The lowest BCUT2D eigenvalue weighted by atomic mass is 10.0. The predicted molar refractivity (Wildman–Crippen MR) is 85.7 cm³/mol. The summed E-state index contributed by atoms with van der Waals surface area (Å²) in [5.74, 6) is -1.75. The third kappa shape index (κ3) is 6.82. The summed E-state index contributed by atoms with van der Waals surface area (Å²) < 4.78 is 38.5. The van der Waals surface area contributed by atoms with Crippen molar-refractivity contribution in [2.75, 3.05) is 12.0 Å². The molecule has 8 nitrogen and oxygen atoms in total. The molecule has 1 atom stereocenters. The number of hydrogen-bond acceptors (Lipinski definition) is 6. The first-order valence-electron chi connectivity index (χ1n) is 8.06. The first-order chi connectivity index (χ1) is 12.2. The van der Waals surface area contributed by atoms with Crippen molar-refractivity contribution in [3.05, 3.63) is 17.5 Å². The molecule has 0 aliphatic rings. The summed E-state index contributed by atoms with van der Waals surface area (Å²) in [7, 11) is 0. The molecule has 0 aliphatic carbocycles. The molecule has 2 amide bonds. The van der Waals surface area contributed by atoms with Crippen LogP contribution in [0.3, 0.4) is 0 Å². The van der Waals surface area contributed by atoms with Gasteiger partial charge >= 0.3 is 6.18 Å². The lowest BCUT2D eigenvalue weighted by molar-refractivity contribution is -0.154. The van der Waals surface area contributed by atoms with Gasteiger partial charge in [-0.2, -0.15) is 13.2 Å². The average molecular weight is 377 g/mol. The molecule has 3 N–H and O–H groups in total. The van der Waals surface area contributed by atoms with Crippen molar-refractivity contribution in [2.45, 2.75) is 45.7 Å². The highest BCUT2D eigenvalue weighted by atomic mass is 19.4. The van der Waals surface area contributed by atoms with Crippen molar-refractivity contribution in [1.29, 1.82) is 0 Å². The molecule has 1 unspecified atom stereocenters. The SMILES string of the molecule is CCCCCC(CN(O)C=O)C(=O)NNc1ncc(C)c(C(F)(F)F)n1. The van der Waals surface area contributed by atoms with E-state index in [1.165, 1.54) is 6.92 Å². The van der Waals surface area contributed by atoms with Crippen LogP contribution in [0, 0.1) is 12.8 Å². The molecule has 0 spiro atoms. The number of aryl methyl sites for hydroxylation is 1. The number of unbranched alkanes of at least 4 members (excludes halogenated alkanes) is 2. The van der Waals surface area contributed by atoms with E-state index in [2.05, 4.69) is 20.8 Å². The van der Waals surface area contributed by atoms with Gasteiger partial charge in [-0.25, -0.2) is 15.0 Å². The molecule has 0 saturated carbocycles. The van der Waals surface area contributed by atoms with Crippen molar-refractivity contribution < 1.29 is 28.0 Å². The number of hydroxylamine groups is 2. The maximum absolute atomic E-state index is 12.8. The standard InChI is InChI=1S/C15H22F3N5O3/c1-3-4-5-6-11(8-23(26)9-24)13(25)21-22-14-19-7-10(2)12(20-14)15(16,17)18/h7,9,11,26H,3-6,8H2,1-2H3,(H,21,25)(H,19,20,22). The van der Waals surface area contributed by atoms with E-state index in [4.69, 9.17) is 0 Å². The molecule has 0 aliphatic heterocycles. The Morgan fingerprint density at radius 3 is 2.69 bits per heavy atom. The first-order valence-corrected chi connectivity index (χ1v) is 8.06. The van der Waals surface area contributed by atoms with Gasteiger partial charge in [0.1, 0.15) is 0 Å². The molecule has 1 heterocycles. The second-order valence-corrected chi connectivity index (χ2v) is 5.76. The molecule has 0 radical (unpaired) electrons. The van der Waals surface area contributed by atoms with Crippen LogP contribution in [0.5, 0.6) is 0 Å². The van der Waals surface area contributed by atoms with Gasteiger partial charge in [0.05, 0.1) is 12.5 Å². The molecule has 0 bridgehead atoms. The molecule has 0 saturated heterocycles. The minimum absolute atomic E-state index is 0.145. The largest absolute Gasteiger partial charge is 0.433 e. The van der Waals surface area contributed by atoms with Crippen LogP contribution < -0.4 is 10.9 Å². The minimum atomic E-state index is -4.64. The Balaban J connectivity index is 2.75. The van der Waals surface area contributed by atoms with Crippen LogP contribution in [0.4, 0.5) is 19.1 Å². The number of rotatable bonds is 10. The van der Waals surface area contributed by atoms with Crippen LogP contribution in [-0.2, 0) is 15.8 Å². The van der Waals surface area contributed by atoms with E-state index in [1.807, 2.05) is 6.92 Å². The van der Waals surface area contributed by atoms with Crippen LogP contribution in [0.25, 0.3) is 0 Å². The van der Waals surface area contributed by atoms with E-state index in [0.717, 1.165) is 19.0 Å². The Kier molecular flexibility index (Phi) is 8.23. The van der Waals surface area contributed by atoms with Crippen LogP contribution in [0.1, 0.15) is 43.9 Å². The van der Waals surface area contributed by atoms with Gasteiger partial charge in [-0.15, -0.1) is 0 Å². The van der Waals surface area contributed by atoms with Gasteiger partial charge < -0.3 is 0 Å². The fourth-order valence-corrected chi connectivity index (χ4v) is 2.22. The first kappa shape index (κ1) is 21.6. The van der Waals surface area contributed by atoms with Gasteiger partial charge in [0.25, 0.3) is 0 Å². The number of halogens is 3. The van der Waals surface area contributed by atoms with E-state index < -0.39 is 29.6 Å². The van der Waals surface area contributed by atoms with Gasteiger partial charge in [-0.3, -0.25) is 25.6 Å². The summed E-state index contributed by atoms with van der Waals surface area (Å²) >= 11 is 0. The average Bonchev–Trinajstić information content (AvgIpc) is 2.58. The lowest BCUT2D eigenvalue weighted by Crippen LogP contribution is -2.40. The Morgan fingerprint density at radius 1 is 1.42 bits per heavy atom. The van der Waals surface area contributed by atoms with Crippen LogP contribution in [-0.4, -0.2) is 39.1 Å². The summed E-state index contributed by atoms with van der Waals surface area (Å²) in [5, 5.41) is 9.64. The fourth-order valence-electron chi connectivity index (χ4n) is 2.22. The van der Waals surface area contributed by atoms with Crippen LogP contribution in [0.2, 0.25) is 0 Å². The van der Waals surface area contributed by atoms with E-state index in [9.17, 15) is 28.0 Å². The zero-order valence-corrected chi connectivity index (χ0v) is 14.5. The van der Waals surface area contributed by atoms with E-state index in [-0.39, 0.29) is 18.5 Å². The predicted octanol–water partition coefficient (Wildman–Crippen LogP) is 2.29. The lowest BCUT2D eigenvalue weighted by Gasteiger charge is -2.20. The van der Waals surface area contributed by atoms with Gasteiger partial charge in [0.15, 0.2) is 5.69 Å². The summed E-state index contributed by atoms with van der Waals surface area (Å²) in [6, 6.07) is 0. The highest BCUT2D eigenvalue weighted by Gasteiger charge is 2.35. The maximum Gasteiger partial charge on any atom is 0.433 e. The molecule has 26 heavy (non-hydrogen) atoms. The zero-order chi connectivity index (χ0) is 19.7. The number of carbonyl (C=O) groups is 2. The molecular weight excluding hydrogens is 355 g/mol. The molecule has 11 heteroatoms. The molecular formula is C15H22F3N5O3. The third-order valence-electron chi connectivity index (χ3n) is 3.59. The van der Waals surface area contributed by atoms with Crippen molar-refractivity contribution in [1.82, 2.24) is 20.5 Å². The third-order valence-corrected chi connectivity index (χ3v) is 3.59. The highest BCUT2D eigenvalue weighted by Crippen LogP contribution is 2.30. The Morgan fingerprint density at radius 2 is 2.12 bits per heavy atom. The number of nitrogens with one attached hydrogen (secondary N) is 2. The molecule has 0 aromatic carbocycles. The van der Waals surface area contributed by atoms with Gasteiger partial charge in [0, 0.05) is 6.20 Å². The summed E-state index contributed by atoms with van der Waals surface area (Å²) in [6.07, 6.45) is -0.607. The Bertz CT molecular complexity index is 613. The van der Waals surface area contributed by atoms with Gasteiger partial charge in [-0.05, 0) is 18.9 Å². The topological polar surface area (TPSA) is 107 Å². The summed E-state index contributed by atoms with van der Waals surface area (Å²) in [5.41, 5.74) is 3.20. The van der Waals surface area contributed by atoms with E-state index in [1.54, 1.807) is 0 Å². The smallest absolute Gasteiger partial charge is 0.286 e. The highest BCUT2D eigenvalue weighted by molar-refractivity contribution is 5.80. The second kappa shape index (κ2) is 9.90. The number of alkyl halides is 3. The number of anilines is 1. The quantitative estimate of drug-likeness (QED) is 0.250. The fraction of sp³-hybridized carbons (Fsp3) is 0.600. The van der Waals surface area contributed by atoms with Crippen LogP contribution in [0.15, 0.2) is 6.20 Å². The van der Waals surface area contributed by atoms with E-state index in [0.29, 0.717) is 17.9 Å². The number of hydrazine groups is 1. The van der Waals surface area contributed by atoms with Crippen LogP contribution >= 0.6 is 0 Å².